The molecule has 2 amide bonds. The number of β-amino-alcohol motifs (C(OH)–C–C–N with tert-alkyl or cyclic N) is 1. The maximum atomic E-state index is 13.7. The van der Waals surface area contributed by atoms with Gasteiger partial charge >= 0.3 is 7.12 Å². The third-order valence-electron chi connectivity index (χ3n) is 6.35. The summed E-state index contributed by atoms with van der Waals surface area (Å²) in [6.45, 7) is 6.86. The Morgan fingerprint density at radius 3 is 2.36 bits per heavy atom. The lowest BCUT2D eigenvalue weighted by Crippen LogP contribution is -2.57. The van der Waals surface area contributed by atoms with E-state index >= 15 is 0 Å². The number of benzene rings is 2. The number of aliphatic hydroxyl groups excluding tert-OH is 1. The number of rotatable bonds is 11. The van der Waals surface area contributed by atoms with Gasteiger partial charge in [-0.2, -0.15) is 0 Å². The van der Waals surface area contributed by atoms with Gasteiger partial charge in [0, 0.05) is 43.7 Å². The van der Waals surface area contributed by atoms with Crippen LogP contribution in [-0.2, 0) is 20.5 Å². The van der Waals surface area contributed by atoms with E-state index in [4.69, 9.17) is 32.5 Å². The van der Waals surface area contributed by atoms with E-state index in [9.17, 15) is 14.7 Å². The monoisotopic (exact) mass is 641 g/mol. The number of hydrogen-bond acceptors (Lipinski definition) is 6. The molecule has 0 unspecified atom stereocenters. The lowest BCUT2D eigenvalue weighted by Gasteiger charge is -2.31. The van der Waals surface area contributed by atoms with Crippen LogP contribution >= 0.6 is 39.1 Å². The fourth-order valence-electron chi connectivity index (χ4n) is 4.41. The average molecular weight is 643 g/mol. The number of aliphatic hydroxyl groups is 1. The molecule has 0 aliphatic carbocycles. The molecule has 0 radical (unpaired) electrons. The first-order valence-corrected chi connectivity index (χ1v) is 14.6. The van der Waals surface area contributed by atoms with Gasteiger partial charge in [-0.05, 0) is 46.0 Å². The molecular formula is C27H35BBrCl2N3O5. The first kappa shape index (κ1) is 31.9. The van der Waals surface area contributed by atoms with Crippen molar-refractivity contribution in [1.29, 1.82) is 0 Å². The van der Waals surface area contributed by atoms with Crippen molar-refractivity contribution in [3.05, 3.63) is 68.1 Å². The van der Waals surface area contributed by atoms with Crippen molar-refractivity contribution >= 4 is 58.1 Å². The number of nitrogens with zero attached hydrogens (tertiary/aromatic N) is 1. The lowest BCUT2D eigenvalue weighted by molar-refractivity contribution is -0.123. The van der Waals surface area contributed by atoms with Crippen molar-refractivity contribution in [2.24, 2.45) is 5.92 Å². The highest BCUT2D eigenvalue weighted by Crippen LogP contribution is 2.31. The van der Waals surface area contributed by atoms with Crippen molar-refractivity contribution in [3.63, 3.8) is 0 Å². The summed E-state index contributed by atoms with van der Waals surface area (Å²) < 4.78 is 12.6. The Bertz CT molecular complexity index is 1090. The van der Waals surface area contributed by atoms with Crippen LogP contribution in [0.3, 0.4) is 0 Å². The van der Waals surface area contributed by atoms with E-state index in [1.807, 2.05) is 30.3 Å². The predicted octanol–water partition coefficient (Wildman–Crippen LogP) is 4.00. The molecule has 0 bridgehead atoms. The van der Waals surface area contributed by atoms with E-state index in [0.29, 0.717) is 43.7 Å². The molecular weight excluding hydrogens is 608 g/mol. The first-order valence-electron chi connectivity index (χ1n) is 13.0. The summed E-state index contributed by atoms with van der Waals surface area (Å²) in [7, 11) is -0.644. The summed E-state index contributed by atoms with van der Waals surface area (Å²) in [5.41, 5.74) is 0.976. The first-order chi connectivity index (χ1) is 18.7. The Morgan fingerprint density at radius 1 is 1.08 bits per heavy atom. The smallest absolute Gasteiger partial charge is 0.408 e. The number of hydrogen-bond donors (Lipinski definition) is 3. The zero-order valence-electron chi connectivity index (χ0n) is 22.2. The molecule has 1 aliphatic rings. The molecule has 2 atom stereocenters. The number of carbonyl (C=O) groups excluding carboxylic acids is 2. The topological polar surface area (TPSA) is 100 Å². The largest absolute Gasteiger partial charge is 0.480 e. The van der Waals surface area contributed by atoms with Gasteiger partial charge in [-0.3, -0.25) is 14.5 Å². The van der Waals surface area contributed by atoms with Gasteiger partial charge in [0.1, 0.15) is 6.04 Å². The molecule has 1 saturated heterocycles. The highest BCUT2D eigenvalue weighted by atomic mass is 79.9. The normalized spacial score (nSPS) is 16.3. The van der Waals surface area contributed by atoms with Gasteiger partial charge in [-0.1, -0.05) is 67.4 Å². The van der Waals surface area contributed by atoms with Gasteiger partial charge in [0.2, 0.25) is 5.91 Å². The van der Waals surface area contributed by atoms with E-state index < -0.39 is 25.0 Å². The maximum absolute atomic E-state index is 13.7. The molecule has 0 saturated carbocycles. The Morgan fingerprint density at radius 2 is 1.74 bits per heavy atom. The maximum Gasteiger partial charge on any atom is 0.480 e. The molecule has 2 aromatic carbocycles. The molecule has 39 heavy (non-hydrogen) atoms. The summed E-state index contributed by atoms with van der Waals surface area (Å²) in [5, 5.41) is 15.5. The van der Waals surface area contributed by atoms with Crippen molar-refractivity contribution in [1.82, 2.24) is 15.5 Å². The fraction of sp³-hybridized carbons (Fsp3) is 0.481. The molecule has 0 aromatic heterocycles. The zero-order valence-corrected chi connectivity index (χ0v) is 25.3. The van der Waals surface area contributed by atoms with Gasteiger partial charge in [-0.25, -0.2) is 0 Å². The second kappa shape index (κ2) is 16.0. The van der Waals surface area contributed by atoms with E-state index in [-0.39, 0.29) is 40.5 Å². The summed E-state index contributed by atoms with van der Waals surface area (Å²) in [6.07, 6.45) is 0.880. The van der Waals surface area contributed by atoms with Gasteiger partial charge in [0.15, 0.2) is 0 Å². The Kier molecular flexibility index (Phi) is 13.0. The lowest BCUT2D eigenvalue weighted by atomic mass is 9.73. The zero-order chi connectivity index (χ0) is 28.4. The van der Waals surface area contributed by atoms with Gasteiger partial charge in [0.05, 0.1) is 28.2 Å². The molecule has 2 aromatic rings. The summed E-state index contributed by atoms with van der Waals surface area (Å²) in [6, 6.07) is 11.8. The predicted molar refractivity (Wildman–Crippen MR) is 158 cm³/mol. The van der Waals surface area contributed by atoms with E-state index in [2.05, 4.69) is 45.3 Å². The summed E-state index contributed by atoms with van der Waals surface area (Å²) in [4.78, 5) is 29.1. The average Bonchev–Trinajstić information content (AvgIpc) is 2.87. The number of halogens is 3. The summed E-state index contributed by atoms with van der Waals surface area (Å²) >= 11 is 16.0. The molecule has 1 aliphatic heterocycles. The number of carbonyl (C=O) groups is 2. The second-order valence-corrected chi connectivity index (χ2v) is 11.5. The van der Waals surface area contributed by atoms with Crippen LogP contribution in [0.25, 0.3) is 0 Å². The van der Waals surface area contributed by atoms with Crippen molar-refractivity contribution in [2.75, 3.05) is 39.5 Å². The highest BCUT2D eigenvalue weighted by molar-refractivity contribution is 9.10. The molecule has 8 nitrogen and oxygen atoms in total. The van der Waals surface area contributed by atoms with E-state index in [0.717, 1.165) is 5.56 Å². The molecule has 0 spiro atoms. The van der Waals surface area contributed by atoms with Crippen molar-refractivity contribution in [3.8, 4) is 0 Å². The number of nitrogens with one attached hydrogen (secondary N) is 2. The molecule has 1 heterocycles. The van der Waals surface area contributed by atoms with E-state index in [1.54, 1.807) is 12.1 Å². The van der Waals surface area contributed by atoms with Crippen LogP contribution in [0, 0.1) is 5.92 Å². The standard InChI is InChI=1S/C27H35BBrCl2N3O5/c1-18(2)16-23(28-38-14-11-34(10-13-35)12-15-39-28)33-26(36)22(17-19-6-4-3-5-7-19)32-27(37)24-21(30)9-8-20(29)25(24)31/h3-9,18,22-23,35H,10-17H2,1-2H3,(H,32,37)(H,33,36)/t22-,23-/m0/s1. The van der Waals surface area contributed by atoms with Gasteiger partial charge in [0.25, 0.3) is 5.91 Å². The Balaban J connectivity index is 1.80. The van der Waals surface area contributed by atoms with Crippen LogP contribution < -0.4 is 10.6 Å². The van der Waals surface area contributed by atoms with Gasteiger partial charge in [-0.15, -0.1) is 0 Å². The SMILES string of the molecule is CC(C)C[C@H](NC(=O)[C@H](Cc1ccccc1)NC(=O)c1c(Cl)ccc(Br)c1Cl)B1OCCN(CCO)CCO1. The van der Waals surface area contributed by atoms with Crippen LogP contribution in [0.4, 0.5) is 0 Å². The third-order valence-corrected chi connectivity index (χ3v) is 7.95. The quantitative estimate of drug-likeness (QED) is 0.253. The molecule has 12 heteroatoms. The van der Waals surface area contributed by atoms with Crippen LogP contribution in [0.2, 0.25) is 10.0 Å². The molecule has 3 rings (SSSR count). The van der Waals surface area contributed by atoms with Crippen LogP contribution in [-0.4, -0.2) is 80.4 Å². The molecule has 212 valence electrons. The highest BCUT2D eigenvalue weighted by Gasteiger charge is 2.36. The minimum Gasteiger partial charge on any atom is -0.408 e. The van der Waals surface area contributed by atoms with E-state index in [1.165, 1.54) is 0 Å². The number of amides is 2. The minimum atomic E-state index is -0.908. The van der Waals surface area contributed by atoms with Crippen molar-refractivity contribution in [2.45, 2.75) is 38.7 Å². The molecule has 3 N–H and O–H groups in total. The summed E-state index contributed by atoms with van der Waals surface area (Å²) in [5.74, 6) is -1.10. The third kappa shape index (κ3) is 9.74. The fourth-order valence-corrected chi connectivity index (χ4v) is 5.28. The molecule has 1 fully saturated rings. The van der Waals surface area contributed by atoms with Crippen LogP contribution in [0.15, 0.2) is 46.9 Å². The second-order valence-electron chi connectivity index (χ2n) is 9.85. The van der Waals surface area contributed by atoms with Crippen LogP contribution in [0.1, 0.15) is 36.2 Å². The Hall–Kier alpha value is -1.66. The van der Waals surface area contributed by atoms with Gasteiger partial charge < -0.3 is 25.0 Å². The minimum absolute atomic E-state index is 0.0698. The van der Waals surface area contributed by atoms with Crippen LogP contribution in [0.5, 0.6) is 0 Å². The Labute approximate surface area is 249 Å². The van der Waals surface area contributed by atoms with Crippen molar-refractivity contribution < 1.29 is 24.0 Å².